The van der Waals surface area contributed by atoms with Crippen LogP contribution in [0.2, 0.25) is 0 Å². The smallest absolute Gasteiger partial charge is 0.139 e. The van der Waals surface area contributed by atoms with E-state index in [1.165, 1.54) is 5.56 Å². The lowest BCUT2D eigenvalue weighted by molar-refractivity contribution is -0.116. The third-order valence-corrected chi connectivity index (χ3v) is 6.41. The summed E-state index contributed by atoms with van der Waals surface area (Å²) >= 11 is 0. The van der Waals surface area contributed by atoms with E-state index in [0.29, 0.717) is 12.6 Å². The van der Waals surface area contributed by atoms with Crippen molar-refractivity contribution in [2.45, 2.75) is 32.6 Å². The molecule has 0 aliphatic carbocycles. The number of carbonyl (C=O) groups is 1. The van der Waals surface area contributed by atoms with Crippen LogP contribution >= 0.6 is 7.14 Å². The molecule has 0 aromatic heterocycles. The van der Waals surface area contributed by atoms with Crippen LogP contribution in [-0.4, -0.2) is 24.8 Å². The van der Waals surface area contributed by atoms with Crippen molar-refractivity contribution in [2.75, 3.05) is 19.0 Å². The van der Waals surface area contributed by atoms with Crippen molar-refractivity contribution in [3.05, 3.63) is 60.2 Å². The summed E-state index contributed by atoms with van der Waals surface area (Å²) in [7, 11) is -2.32. The van der Waals surface area contributed by atoms with E-state index in [1.54, 1.807) is 6.66 Å². The second-order valence-electron chi connectivity index (χ2n) is 6.59. The van der Waals surface area contributed by atoms with E-state index in [9.17, 15) is 9.36 Å². The monoisotopic (exact) mass is 358 g/mol. The fourth-order valence-electron chi connectivity index (χ4n) is 2.73. The van der Waals surface area contributed by atoms with Gasteiger partial charge in [0, 0.05) is 12.6 Å². The summed E-state index contributed by atoms with van der Waals surface area (Å²) in [4.78, 5) is 11.5. The predicted octanol–water partition coefficient (Wildman–Crippen LogP) is 5.77. The summed E-state index contributed by atoms with van der Waals surface area (Å²) in [5.41, 5.74) is 1.21. The zero-order valence-corrected chi connectivity index (χ0v) is 16.0. The second kappa shape index (κ2) is 9.58. The minimum absolute atomic E-state index is 0.108. The molecule has 0 aliphatic rings. The van der Waals surface area contributed by atoms with Gasteiger partial charge in [0.15, 0.2) is 0 Å². The Morgan fingerprint density at radius 2 is 1.72 bits per heavy atom. The molecule has 2 aromatic rings. The Balaban J connectivity index is 1.80. The molecule has 134 valence electrons. The molecule has 0 bridgehead atoms. The van der Waals surface area contributed by atoms with Crippen molar-refractivity contribution in [3.63, 3.8) is 0 Å². The zero-order valence-electron chi connectivity index (χ0n) is 15.1. The van der Waals surface area contributed by atoms with Crippen LogP contribution in [-0.2, 0) is 15.8 Å². The Bertz CT molecular complexity index is 725. The van der Waals surface area contributed by atoms with Crippen molar-refractivity contribution in [2.24, 2.45) is 0 Å². The first-order valence-electron chi connectivity index (χ1n) is 8.87. The first kappa shape index (κ1) is 19.5. The quantitative estimate of drug-likeness (QED) is 0.400. The zero-order chi connectivity index (χ0) is 18.1. The first-order chi connectivity index (χ1) is 12.0. The molecule has 2 rings (SSSR count). The van der Waals surface area contributed by atoms with Crippen molar-refractivity contribution >= 4 is 12.9 Å². The number of Topliss-reactive ketones (excluding diaryl/α,β-unsaturated/α-hetero) is 1. The molecule has 3 nitrogen and oxygen atoms in total. The van der Waals surface area contributed by atoms with E-state index in [0.717, 1.165) is 30.8 Å². The van der Waals surface area contributed by atoms with Gasteiger partial charge in [-0.3, -0.25) is 4.79 Å². The van der Waals surface area contributed by atoms with Crippen LogP contribution in [0.15, 0.2) is 54.6 Å². The van der Waals surface area contributed by atoms with Gasteiger partial charge in [0.25, 0.3) is 0 Å². The van der Waals surface area contributed by atoms with Crippen LogP contribution in [0.25, 0.3) is 0 Å². The van der Waals surface area contributed by atoms with Gasteiger partial charge in [-0.05, 0) is 55.8 Å². The molecule has 0 saturated carbocycles. The third-order valence-electron chi connectivity index (χ3n) is 4.13. The molecule has 4 heteroatoms. The fourth-order valence-corrected chi connectivity index (χ4v) is 4.75. The topological polar surface area (TPSA) is 43.4 Å². The number of rotatable bonds is 10. The Kier molecular flexibility index (Phi) is 7.46. The number of benzene rings is 2. The number of hydrogen-bond donors (Lipinski definition) is 0. The maximum atomic E-state index is 12.4. The van der Waals surface area contributed by atoms with Crippen LogP contribution < -0.4 is 4.74 Å². The molecule has 0 radical (unpaired) electrons. The van der Waals surface area contributed by atoms with Gasteiger partial charge in [-0.1, -0.05) is 37.3 Å². The SMILES string of the molecule is CCC(=O)CP(C)(=O)CCCCc1cccc(Oc2ccccc2)c1. The van der Waals surface area contributed by atoms with Gasteiger partial charge in [-0.15, -0.1) is 0 Å². The molecule has 0 saturated heterocycles. The molecule has 0 spiro atoms. The van der Waals surface area contributed by atoms with E-state index in [1.807, 2.05) is 49.4 Å². The lowest BCUT2D eigenvalue weighted by Crippen LogP contribution is -2.05. The molecule has 0 aliphatic heterocycles. The molecule has 1 unspecified atom stereocenters. The second-order valence-corrected chi connectivity index (χ2v) is 9.95. The highest BCUT2D eigenvalue weighted by molar-refractivity contribution is 7.64. The Morgan fingerprint density at radius 3 is 2.44 bits per heavy atom. The average molecular weight is 358 g/mol. The van der Waals surface area contributed by atoms with E-state index in [2.05, 4.69) is 12.1 Å². The highest BCUT2D eigenvalue weighted by Gasteiger charge is 2.18. The predicted molar refractivity (Wildman–Crippen MR) is 104 cm³/mol. The Labute approximate surface area is 150 Å². The molecular weight excluding hydrogens is 331 g/mol. The van der Waals surface area contributed by atoms with Crippen molar-refractivity contribution < 1.29 is 14.1 Å². The fraction of sp³-hybridized carbons (Fsp3) is 0.381. The van der Waals surface area contributed by atoms with Gasteiger partial charge in [-0.2, -0.15) is 0 Å². The van der Waals surface area contributed by atoms with E-state index in [-0.39, 0.29) is 11.9 Å². The minimum atomic E-state index is -2.32. The van der Waals surface area contributed by atoms with E-state index < -0.39 is 7.14 Å². The van der Waals surface area contributed by atoms with Crippen LogP contribution in [0, 0.1) is 0 Å². The first-order valence-corrected chi connectivity index (χ1v) is 11.4. The van der Waals surface area contributed by atoms with Crippen LogP contribution in [0.3, 0.4) is 0 Å². The maximum Gasteiger partial charge on any atom is 0.139 e. The van der Waals surface area contributed by atoms with Gasteiger partial charge in [0.1, 0.15) is 17.3 Å². The lowest BCUT2D eigenvalue weighted by atomic mass is 10.1. The number of ether oxygens (including phenoxy) is 1. The molecule has 2 aromatic carbocycles. The van der Waals surface area contributed by atoms with Crippen molar-refractivity contribution in [1.29, 1.82) is 0 Å². The molecule has 25 heavy (non-hydrogen) atoms. The molecule has 0 N–H and O–H groups in total. The number of hydrogen-bond acceptors (Lipinski definition) is 3. The summed E-state index contributed by atoms with van der Waals surface area (Å²) in [5.74, 6) is 1.77. The van der Waals surface area contributed by atoms with Gasteiger partial charge >= 0.3 is 0 Å². The molecule has 0 amide bonds. The number of para-hydroxylation sites is 1. The van der Waals surface area contributed by atoms with E-state index >= 15 is 0 Å². The molecule has 0 heterocycles. The largest absolute Gasteiger partial charge is 0.457 e. The number of unbranched alkanes of at least 4 members (excludes halogenated alkanes) is 1. The summed E-state index contributed by atoms with van der Waals surface area (Å²) in [6, 6.07) is 17.8. The van der Waals surface area contributed by atoms with Crippen LogP contribution in [0.5, 0.6) is 11.5 Å². The van der Waals surface area contributed by atoms with Gasteiger partial charge in [0.05, 0.1) is 13.3 Å². The normalized spacial score (nSPS) is 13.2. The standard InChI is InChI=1S/C21H27O3P/c1-3-19(22)17-25(2,23)15-8-7-10-18-11-9-14-21(16-18)24-20-12-5-4-6-13-20/h4-6,9,11-14,16H,3,7-8,10,15,17H2,1-2H3. The highest BCUT2D eigenvalue weighted by Crippen LogP contribution is 2.42. The highest BCUT2D eigenvalue weighted by atomic mass is 31.2. The summed E-state index contributed by atoms with van der Waals surface area (Å²) in [5, 5.41) is 0. The van der Waals surface area contributed by atoms with Gasteiger partial charge in [-0.25, -0.2) is 0 Å². The Hall–Kier alpha value is -1.86. The Morgan fingerprint density at radius 1 is 1.00 bits per heavy atom. The molecular formula is C21H27O3P. The summed E-state index contributed by atoms with van der Waals surface area (Å²) in [6.07, 6.45) is 4.16. The average Bonchev–Trinajstić information content (AvgIpc) is 2.59. The lowest BCUT2D eigenvalue weighted by Gasteiger charge is -2.12. The number of ketones is 1. The molecule has 0 fully saturated rings. The van der Waals surface area contributed by atoms with Crippen LogP contribution in [0.1, 0.15) is 31.7 Å². The molecule has 1 atom stereocenters. The number of carbonyl (C=O) groups excluding carboxylic acids is 1. The summed E-state index contributed by atoms with van der Waals surface area (Å²) < 4.78 is 18.3. The van der Waals surface area contributed by atoms with Crippen molar-refractivity contribution in [1.82, 2.24) is 0 Å². The minimum Gasteiger partial charge on any atom is -0.457 e. The van der Waals surface area contributed by atoms with Gasteiger partial charge in [0.2, 0.25) is 0 Å². The third kappa shape index (κ3) is 7.27. The maximum absolute atomic E-state index is 12.4. The van der Waals surface area contributed by atoms with E-state index in [4.69, 9.17) is 4.74 Å². The summed E-state index contributed by atoms with van der Waals surface area (Å²) in [6.45, 7) is 3.59. The van der Waals surface area contributed by atoms with Gasteiger partial charge < -0.3 is 9.30 Å². The van der Waals surface area contributed by atoms with Crippen LogP contribution in [0.4, 0.5) is 0 Å². The van der Waals surface area contributed by atoms with Crippen molar-refractivity contribution in [3.8, 4) is 11.5 Å². The number of aryl methyl sites for hydroxylation is 1.